The zero-order valence-corrected chi connectivity index (χ0v) is 10.8. The summed E-state index contributed by atoms with van der Waals surface area (Å²) < 4.78 is 5.63. The highest BCUT2D eigenvalue weighted by Crippen LogP contribution is 2.31. The molecule has 0 aliphatic carbocycles. The van der Waals surface area contributed by atoms with Gasteiger partial charge in [0.1, 0.15) is 12.6 Å². The van der Waals surface area contributed by atoms with Gasteiger partial charge in [0, 0.05) is 18.8 Å². The third-order valence-corrected chi connectivity index (χ3v) is 4.34. The monoisotopic (exact) mass is 257 g/mol. The van der Waals surface area contributed by atoms with Gasteiger partial charge in [0.05, 0.1) is 18.7 Å². The maximum atomic E-state index is 12.2. The minimum Gasteiger partial charge on any atom is -0.434 e. The van der Waals surface area contributed by atoms with E-state index in [0.29, 0.717) is 12.1 Å². The summed E-state index contributed by atoms with van der Waals surface area (Å²) in [6.45, 7) is 2.82. The SMILES string of the molecule is N#C[C@@]1(OC(=O)c2ccccc2)C[NH+]2CCC1CC2. The van der Waals surface area contributed by atoms with Crippen LogP contribution in [0.1, 0.15) is 23.2 Å². The van der Waals surface area contributed by atoms with Crippen LogP contribution in [0.25, 0.3) is 0 Å². The van der Waals surface area contributed by atoms with E-state index < -0.39 is 5.60 Å². The van der Waals surface area contributed by atoms with Crippen molar-refractivity contribution < 1.29 is 14.4 Å². The van der Waals surface area contributed by atoms with Crippen LogP contribution in [0.2, 0.25) is 0 Å². The van der Waals surface area contributed by atoms with Crippen LogP contribution in [0.4, 0.5) is 0 Å². The summed E-state index contributed by atoms with van der Waals surface area (Å²) in [5.41, 5.74) is -0.401. The number of piperidine rings is 3. The number of nitriles is 1. The van der Waals surface area contributed by atoms with Crippen LogP contribution < -0.4 is 4.90 Å². The summed E-state index contributed by atoms with van der Waals surface area (Å²) in [6.07, 6.45) is 1.95. The Hall–Kier alpha value is -1.86. The van der Waals surface area contributed by atoms with Gasteiger partial charge in [-0.3, -0.25) is 0 Å². The predicted octanol–water partition coefficient (Wildman–Crippen LogP) is 0.414. The zero-order valence-electron chi connectivity index (χ0n) is 10.8. The fraction of sp³-hybridized carbons (Fsp3) is 0.467. The molecule has 4 nitrogen and oxygen atoms in total. The van der Waals surface area contributed by atoms with E-state index in [0.717, 1.165) is 25.9 Å². The minimum atomic E-state index is -0.918. The first-order valence-electron chi connectivity index (χ1n) is 6.77. The van der Waals surface area contributed by atoms with Crippen molar-refractivity contribution in [3.8, 4) is 6.07 Å². The second-order valence-electron chi connectivity index (χ2n) is 5.46. The second-order valence-corrected chi connectivity index (χ2v) is 5.46. The number of carbonyl (C=O) groups is 1. The van der Waals surface area contributed by atoms with Gasteiger partial charge in [0.2, 0.25) is 5.60 Å². The predicted molar refractivity (Wildman–Crippen MR) is 68.5 cm³/mol. The van der Waals surface area contributed by atoms with Gasteiger partial charge in [-0.1, -0.05) is 18.2 Å². The van der Waals surface area contributed by atoms with Gasteiger partial charge >= 0.3 is 5.97 Å². The van der Waals surface area contributed by atoms with Gasteiger partial charge in [0.25, 0.3) is 0 Å². The van der Waals surface area contributed by atoms with Crippen molar-refractivity contribution in [2.24, 2.45) is 5.92 Å². The Morgan fingerprint density at radius 3 is 2.53 bits per heavy atom. The van der Waals surface area contributed by atoms with Crippen LogP contribution in [0, 0.1) is 17.2 Å². The number of esters is 1. The van der Waals surface area contributed by atoms with Crippen molar-refractivity contribution in [2.45, 2.75) is 18.4 Å². The summed E-state index contributed by atoms with van der Waals surface area (Å²) >= 11 is 0. The molecular formula is C15H17N2O2+. The minimum absolute atomic E-state index is 0.197. The lowest BCUT2D eigenvalue weighted by molar-refractivity contribution is -0.923. The number of carbonyl (C=O) groups excluding carboxylic acids is 1. The van der Waals surface area contributed by atoms with Gasteiger partial charge < -0.3 is 9.64 Å². The van der Waals surface area contributed by atoms with Crippen molar-refractivity contribution >= 4 is 5.97 Å². The molecule has 0 unspecified atom stereocenters. The third kappa shape index (κ3) is 2.11. The normalized spacial score (nSPS) is 32.6. The Morgan fingerprint density at radius 1 is 1.32 bits per heavy atom. The van der Waals surface area contributed by atoms with E-state index >= 15 is 0 Å². The first-order chi connectivity index (χ1) is 9.23. The number of benzene rings is 1. The number of hydrogen-bond donors (Lipinski definition) is 1. The lowest BCUT2D eigenvalue weighted by Crippen LogP contribution is -3.17. The first kappa shape index (κ1) is 12.2. The van der Waals surface area contributed by atoms with E-state index in [2.05, 4.69) is 6.07 Å². The lowest BCUT2D eigenvalue weighted by atomic mass is 9.76. The standard InChI is InChI=1S/C15H16N2O2/c16-10-15(11-17-8-6-13(15)7-9-17)19-14(18)12-4-2-1-3-5-12/h1-5,13H,6-9,11H2/p+1/t15-/m1/s1. The largest absolute Gasteiger partial charge is 0.434 e. The van der Waals surface area contributed by atoms with Crippen molar-refractivity contribution in [1.29, 1.82) is 5.26 Å². The molecule has 1 N–H and O–H groups in total. The number of ether oxygens (including phenoxy) is 1. The zero-order chi connectivity index (χ0) is 13.3. The molecule has 2 bridgehead atoms. The average Bonchev–Trinajstić information content (AvgIpc) is 2.49. The fourth-order valence-corrected chi connectivity index (χ4v) is 3.26. The number of fused-ring (bicyclic) bond motifs is 3. The van der Waals surface area contributed by atoms with Crippen molar-refractivity contribution in [2.75, 3.05) is 19.6 Å². The van der Waals surface area contributed by atoms with Crippen LogP contribution in [-0.2, 0) is 4.74 Å². The number of hydrogen-bond acceptors (Lipinski definition) is 3. The third-order valence-electron chi connectivity index (χ3n) is 4.34. The Labute approximate surface area is 112 Å². The highest BCUT2D eigenvalue weighted by atomic mass is 16.6. The molecule has 0 radical (unpaired) electrons. The highest BCUT2D eigenvalue weighted by molar-refractivity contribution is 5.89. The van der Waals surface area contributed by atoms with E-state index in [4.69, 9.17) is 4.74 Å². The van der Waals surface area contributed by atoms with Crippen molar-refractivity contribution in [3.63, 3.8) is 0 Å². The van der Waals surface area contributed by atoms with Gasteiger partial charge in [-0.05, 0) is 12.1 Å². The Morgan fingerprint density at radius 2 is 2.00 bits per heavy atom. The molecular weight excluding hydrogens is 240 g/mol. The molecule has 0 spiro atoms. The maximum Gasteiger partial charge on any atom is 0.339 e. The number of nitrogens with one attached hydrogen (secondary N) is 1. The number of nitrogens with zero attached hydrogens (tertiary/aromatic N) is 1. The van der Waals surface area contributed by atoms with Crippen LogP contribution >= 0.6 is 0 Å². The van der Waals surface area contributed by atoms with Gasteiger partial charge in [0.15, 0.2) is 0 Å². The maximum absolute atomic E-state index is 12.2. The van der Waals surface area contributed by atoms with Gasteiger partial charge in [-0.25, -0.2) is 4.79 Å². The molecule has 4 rings (SSSR count). The summed E-state index contributed by atoms with van der Waals surface area (Å²) in [6, 6.07) is 11.2. The van der Waals surface area contributed by atoms with Crippen molar-refractivity contribution in [1.82, 2.24) is 0 Å². The van der Waals surface area contributed by atoms with Gasteiger partial charge in [-0.15, -0.1) is 0 Å². The molecule has 0 aromatic heterocycles. The fourth-order valence-electron chi connectivity index (χ4n) is 3.26. The first-order valence-corrected chi connectivity index (χ1v) is 6.77. The van der Waals surface area contributed by atoms with E-state index in [-0.39, 0.29) is 11.9 Å². The van der Waals surface area contributed by atoms with Crippen molar-refractivity contribution in [3.05, 3.63) is 35.9 Å². The average molecular weight is 257 g/mol. The van der Waals surface area contributed by atoms with Crippen LogP contribution in [0.15, 0.2) is 30.3 Å². The van der Waals surface area contributed by atoms with Gasteiger partial charge in [-0.2, -0.15) is 5.26 Å². The van der Waals surface area contributed by atoms with E-state index in [9.17, 15) is 10.1 Å². The molecule has 1 aromatic carbocycles. The lowest BCUT2D eigenvalue weighted by Gasteiger charge is -2.45. The van der Waals surface area contributed by atoms with Crippen LogP contribution in [-0.4, -0.2) is 31.2 Å². The van der Waals surface area contributed by atoms with Crippen LogP contribution in [0.5, 0.6) is 0 Å². The molecule has 3 heterocycles. The quantitative estimate of drug-likeness (QED) is 0.781. The Bertz CT molecular complexity index is 515. The van der Waals surface area contributed by atoms with Crippen LogP contribution in [0.3, 0.4) is 0 Å². The molecule has 0 amide bonds. The molecule has 4 heteroatoms. The molecule has 3 fully saturated rings. The molecule has 3 aliphatic heterocycles. The highest BCUT2D eigenvalue weighted by Gasteiger charge is 2.53. The molecule has 98 valence electrons. The number of rotatable bonds is 2. The summed E-state index contributed by atoms with van der Waals surface area (Å²) in [4.78, 5) is 13.6. The Kier molecular flexibility index (Phi) is 3.00. The summed E-state index contributed by atoms with van der Waals surface area (Å²) in [5.74, 6) is -0.182. The molecule has 1 aromatic rings. The molecule has 19 heavy (non-hydrogen) atoms. The molecule has 1 atom stereocenters. The molecule has 0 saturated carbocycles. The van der Waals surface area contributed by atoms with E-state index in [1.165, 1.54) is 4.90 Å². The molecule has 3 saturated heterocycles. The smallest absolute Gasteiger partial charge is 0.339 e. The Balaban J connectivity index is 1.81. The summed E-state index contributed by atoms with van der Waals surface area (Å²) in [5, 5.41) is 9.52. The topological polar surface area (TPSA) is 54.5 Å². The number of quaternary nitrogens is 1. The second kappa shape index (κ2) is 4.67. The van der Waals surface area contributed by atoms with E-state index in [1.54, 1.807) is 24.3 Å². The van der Waals surface area contributed by atoms with E-state index in [1.807, 2.05) is 6.07 Å². The molecule has 3 aliphatic rings. The summed E-state index contributed by atoms with van der Waals surface area (Å²) in [7, 11) is 0.